The first-order valence-corrected chi connectivity index (χ1v) is 12.4. The van der Waals surface area contributed by atoms with Crippen molar-refractivity contribution in [3.8, 4) is 17.3 Å². The summed E-state index contributed by atoms with van der Waals surface area (Å²) in [5, 5.41) is 20.2. The number of rotatable bonds is 3. The smallest absolute Gasteiger partial charge is 0.253 e. The van der Waals surface area contributed by atoms with E-state index in [4.69, 9.17) is 5.26 Å². The first-order chi connectivity index (χ1) is 17.4. The maximum atomic E-state index is 13.4. The van der Waals surface area contributed by atoms with Crippen molar-refractivity contribution in [2.24, 2.45) is 0 Å². The highest BCUT2D eigenvalue weighted by Crippen LogP contribution is 2.34. The third-order valence-corrected chi connectivity index (χ3v) is 6.91. The van der Waals surface area contributed by atoms with E-state index in [1.807, 2.05) is 50.2 Å². The molecule has 1 N–H and O–H groups in total. The van der Waals surface area contributed by atoms with Crippen molar-refractivity contribution in [2.75, 3.05) is 13.1 Å². The number of aromatic nitrogens is 1. The average Bonchev–Trinajstić information content (AvgIpc) is 2.89. The number of pyridine rings is 1. The second-order valence-electron chi connectivity index (χ2n) is 9.48. The Hall–Kier alpha value is -3.82. The van der Waals surface area contributed by atoms with E-state index in [1.54, 1.807) is 29.3 Å². The zero-order valence-corrected chi connectivity index (χ0v) is 20.8. The number of Topliss-reactive ketones (excluding diaryl/α,β-unsaturated/α-hetero) is 1. The fourth-order valence-electron chi connectivity index (χ4n) is 5.15. The highest BCUT2D eigenvalue weighted by atomic mass is 16.3. The van der Waals surface area contributed by atoms with Crippen molar-refractivity contribution in [3.63, 3.8) is 0 Å². The lowest BCUT2D eigenvalue weighted by molar-refractivity contribution is -0.123. The van der Waals surface area contributed by atoms with Crippen LogP contribution >= 0.6 is 0 Å². The van der Waals surface area contributed by atoms with Crippen LogP contribution in [0.25, 0.3) is 11.3 Å². The summed E-state index contributed by atoms with van der Waals surface area (Å²) < 4.78 is 0. The maximum Gasteiger partial charge on any atom is 0.253 e. The predicted molar refractivity (Wildman–Crippen MR) is 138 cm³/mol. The van der Waals surface area contributed by atoms with Crippen LogP contribution in [0, 0.1) is 25.2 Å². The molecule has 0 saturated carbocycles. The first-order valence-electron chi connectivity index (χ1n) is 12.4. The lowest BCUT2D eigenvalue weighted by Crippen LogP contribution is -2.36. The molecule has 0 spiro atoms. The Morgan fingerprint density at radius 3 is 2.39 bits per heavy atom. The minimum Gasteiger partial charge on any atom is -0.392 e. The molecule has 3 aromatic rings. The number of aryl methyl sites for hydroxylation is 2. The van der Waals surface area contributed by atoms with Gasteiger partial charge in [-0.3, -0.25) is 14.6 Å². The summed E-state index contributed by atoms with van der Waals surface area (Å²) in [7, 11) is 0. The van der Waals surface area contributed by atoms with Crippen LogP contribution in [0.5, 0.6) is 0 Å². The topological polar surface area (TPSA) is 94.3 Å². The van der Waals surface area contributed by atoms with Crippen molar-refractivity contribution >= 4 is 11.7 Å². The Bertz CT molecular complexity index is 1260. The molecular weight excluding hydrogens is 450 g/mol. The molecule has 0 aliphatic carbocycles. The number of carbonyl (C=O) groups excluding carboxylic acids is 2. The molecule has 1 amide bonds. The second-order valence-corrected chi connectivity index (χ2v) is 9.48. The Kier molecular flexibility index (Phi) is 7.92. The third kappa shape index (κ3) is 5.53. The molecule has 1 aromatic heterocycles. The largest absolute Gasteiger partial charge is 0.392 e. The van der Waals surface area contributed by atoms with Gasteiger partial charge in [-0.25, -0.2) is 0 Å². The monoisotopic (exact) mass is 481 g/mol. The lowest BCUT2D eigenvalue weighted by Gasteiger charge is -2.30. The van der Waals surface area contributed by atoms with Crippen molar-refractivity contribution in [2.45, 2.75) is 51.6 Å². The molecule has 36 heavy (non-hydrogen) atoms. The van der Waals surface area contributed by atoms with E-state index in [9.17, 15) is 14.7 Å². The van der Waals surface area contributed by atoms with E-state index in [0.29, 0.717) is 49.9 Å². The Labute approximate surface area is 212 Å². The summed E-state index contributed by atoms with van der Waals surface area (Å²) in [6.07, 6.45) is 2.65. The molecule has 0 bridgehead atoms. The molecule has 1 aliphatic heterocycles. The second kappa shape index (κ2) is 11.3. The van der Waals surface area contributed by atoms with E-state index in [-0.39, 0.29) is 11.7 Å². The van der Waals surface area contributed by atoms with Crippen molar-refractivity contribution in [3.05, 3.63) is 88.6 Å². The van der Waals surface area contributed by atoms with Crippen LogP contribution < -0.4 is 0 Å². The molecule has 2 aromatic carbocycles. The van der Waals surface area contributed by atoms with Gasteiger partial charge in [0, 0.05) is 36.8 Å². The van der Waals surface area contributed by atoms with Gasteiger partial charge in [-0.05, 0) is 86.2 Å². The van der Waals surface area contributed by atoms with E-state index in [0.717, 1.165) is 27.9 Å². The molecule has 1 aliphatic rings. The summed E-state index contributed by atoms with van der Waals surface area (Å²) in [4.78, 5) is 32.5. The number of nitriles is 1. The van der Waals surface area contributed by atoms with Crippen LogP contribution in [0.4, 0.5) is 0 Å². The van der Waals surface area contributed by atoms with E-state index >= 15 is 0 Å². The molecule has 6 nitrogen and oxygen atoms in total. The molecule has 1 fully saturated rings. The number of aliphatic hydroxyl groups excluding tert-OH is 1. The van der Waals surface area contributed by atoms with E-state index in [1.165, 1.54) is 0 Å². The lowest BCUT2D eigenvalue weighted by atomic mass is 9.80. The standard InChI is InChI=1S/C30H31N3O3/c1-20-16-24(25-13-12-22(18-31)19-32-25)17-21(2)28(20)29-26(34)10-6-14-33(15-7-11-27(29)35)30(36)23-8-4-3-5-9-23/h3-5,8-9,12-13,16-17,19,26,29,34H,6-7,10-11,14-15H2,1-2H3. The van der Waals surface area contributed by atoms with Gasteiger partial charge in [-0.15, -0.1) is 0 Å². The number of carbonyl (C=O) groups is 2. The number of nitrogens with zero attached hydrogens (tertiary/aromatic N) is 3. The maximum absolute atomic E-state index is 13.4. The number of amides is 1. The van der Waals surface area contributed by atoms with Crippen LogP contribution in [-0.2, 0) is 4.79 Å². The van der Waals surface area contributed by atoms with Gasteiger partial charge in [0.05, 0.1) is 23.3 Å². The van der Waals surface area contributed by atoms with Gasteiger partial charge in [0.1, 0.15) is 11.9 Å². The predicted octanol–water partition coefficient (Wildman–Crippen LogP) is 4.97. The fraction of sp³-hybridized carbons (Fsp3) is 0.333. The van der Waals surface area contributed by atoms with Crippen molar-refractivity contribution < 1.29 is 14.7 Å². The number of hydrogen-bond donors (Lipinski definition) is 1. The molecular formula is C30H31N3O3. The zero-order valence-electron chi connectivity index (χ0n) is 20.8. The van der Waals surface area contributed by atoms with E-state index < -0.39 is 12.0 Å². The number of ketones is 1. The van der Waals surface area contributed by atoms with Gasteiger partial charge in [0.15, 0.2) is 0 Å². The number of benzene rings is 2. The number of hydrogen-bond acceptors (Lipinski definition) is 5. The van der Waals surface area contributed by atoms with Crippen LogP contribution in [-0.4, -0.2) is 45.9 Å². The van der Waals surface area contributed by atoms with Gasteiger partial charge >= 0.3 is 0 Å². The summed E-state index contributed by atoms with van der Waals surface area (Å²) >= 11 is 0. The molecule has 2 heterocycles. The minimum atomic E-state index is -0.819. The van der Waals surface area contributed by atoms with Crippen molar-refractivity contribution in [1.82, 2.24) is 9.88 Å². The summed E-state index contributed by atoms with van der Waals surface area (Å²) in [6.45, 7) is 5.00. The summed E-state index contributed by atoms with van der Waals surface area (Å²) in [5.74, 6) is -0.621. The molecule has 2 atom stereocenters. The van der Waals surface area contributed by atoms with Gasteiger partial charge in [0.2, 0.25) is 0 Å². The fourth-order valence-corrected chi connectivity index (χ4v) is 5.15. The Morgan fingerprint density at radius 1 is 1.06 bits per heavy atom. The molecule has 184 valence electrons. The Balaban J connectivity index is 1.55. The van der Waals surface area contributed by atoms with Gasteiger partial charge < -0.3 is 10.0 Å². The van der Waals surface area contributed by atoms with Crippen LogP contribution in [0.2, 0.25) is 0 Å². The zero-order chi connectivity index (χ0) is 25.7. The third-order valence-electron chi connectivity index (χ3n) is 6.91. The summed E-state index contributed by atoms with van der Waals surface area (Å²) in [5.41, 5.74) is 5.56. The Morgan fingerprint density at radius 2 is 1.75 bits per heavy atom. The van der Waals surface area contributed by atoms with Crippen LogP contribution in [0.3, 0.4) is 0 Å². The molecule has 4 rings (SSSR count). The number of aliphatic hydroxyl groups is 1. The van der Waals surface area contributed by atoms with Crippen LogP contribution in [0.15, 0.2) is 60.8 Å². The molecule has 2 unspecified atom stereocenters. The highest BCUT2D eigenvalue weighted by Gasteiger charge is 2.32. The average molecular weight is 482 g/mol. The van der Waals surface area contributed by atoms with E-state index in [2.05, 4.69) is 11.1 Å². The normalized spacial score (nSPS) is 18.9. The van der Waals surface area contributed by atoms with Crippen molar-refractivity contribution in [1.29, 1.82) is 5.26 Å². The minimum absolute atomic E-state index is 0.00644. The molecule has 1 saturated heterocycles. The van der Waals surface area contributed by atoms with Gasteiger partial charge in [0.25, 0.3) is 5.91 Å². The summed E-state index contributed by atoms with van der Waals surface area (Å²) in [6, 6.07) is 18.8. The van der Waals surface area contributed by atoms with Gasteiger partial charge in [-0.2, -0.15) is 5.26 Å². The molecule has 6 heteroatoms. The van der Waals surface area contributed by atoms with Crippen LogP contribution in [0.1, 0.15) is 64.2 Å². The quantitative estimate of drug-likeness (QED) is 0.570. The SMILES string of the molecule is Cc1cc(-c2ccc(C#N)cn2)cc(C)c1C1C(=O)CCCN(C(=O)c2ccccc2)CCCC1O. The first kappa shape index (κ1) is 25.3. The molecule has 0 radical (unpaired) electrons. The highest BCUT2D eigenvalue weighted by molar-refractivity contribution is 5.94. The van der Waals surface area contributed by atoms with Gasteiger partial charge in [-0.1, -0.05) is 18.2 Å².